The maximum absolute atomic E-state index is 12.2. The molecule has 4 fully saturated rings. The number of hydrogen-bond acceptors (Lipinski definition) is 3. The standard InChI is InChI=1S/C30H48O4/c1-17-18(25(33)34)16-23(32)28(5)14-15-29(6)19(24(17)28)8-9-21-27(4)12-11-22(31)26(2,3)20(27)10-13-30(21,29)7/h8,17-18,20-24,31-32H,9-16H2,1-7H3,(H,33,34)/t17?,18?,20?,21?,22?,23?,24?,27-,28-,29+,30+/m0/s1. The molecule has 0 aliphatic heterocycles. The second-order valence-electron chi connectivity index (χ2n) is 14.7. The van der Waals surface area contributed by atoms with Crippen molar-refractivity contribution in [2.45, 2.75) is 112 Å². The van der Waals surface area contributed by atoms with Crippen LogP contribution in [0.1, 0.15) is 99.8 Å². The molecule has 34 heavy (non-hydrogen) atoms. The Morgan fingerprint density at radius 3 is 2.21 bits per heavy atom. The van der Waals surface area contributed by atoms with Gasteiger partial charge in [-0.15, -0.1) is 0 Å². The third-order valence-corrected chi connectivity index (χ3v) is 13.4. The van der Waals surface area contributed by atoms with Crippen LogP contribution < -0.4 is 0 Å². The smallest absolute Gasteiger partial charge is 0.306 e. The van der Waals surface area contributed by atoms with E-state index in [1.54, 1.807) is 0 Å². The lowest BCUT2D eigenvalue weighted by Crippen LogP contribution is -2.65. The normalized spacial score (nSPS) is 56.3. The van der Waals surface area contributed by atoms with Crippen LogP contribution in [0, 0.1) is 56.7 Å². The van der Waals surface area contributed by atoms with Gasteiger partial charge in [0.15, 0.2) is 0 Å². The summed E-state index contributed by atoms with van der Waals surface area (Å²) in [6, 6.07) is 0. The molecule has 0 bridgehead atoms. The largest absolute Gasteiger partial charge is 0.481 e. The van der Waals surface area contributed by atoms with E-state index in [-0.39, 0.29) is 45.0 Å². The van der Waals surface area contributed by atoms with E-state index in [0.29, 0.717) is 18.3 Å². The third kappa shape index (κ3) is 2.82. The minimum absolute atomic E-state index is 0.0304. The molecule has 0 amide bonds. The van der Waals surface area contributed by atoms with Gasteiger partial charge in [-0.1, -0.05) is 60.1 Å². The van der Waals surface area contributed by atoms with Crippen LogP contribution in [0.4, 0.5) is 0 Å². The van der Waals surface area contributed by atoms with Crippen molar-refractivity contribution in [1.29, 1.82) is 0 Å². The van der Waals surface area contributed by atoms with Crippen molar-refractivity contribution in [3.05, 3.63) is 11.6 Å². The van der Waals surface area contributed by atoms with Crippen LogP contribution in [-0.2, 0) is 4.79 Å². The van der Waals surface area contributed by atoms with Gasteiger partial charge in [0, 0.05) is 5.41 Å². The lowest BCUT2D eigenvalue weighted by molar-refractivity contribution is -0.209. The van der Waals surface area contributed by atoms with Crippen LogP contribution in [0.5, 0.6) is 0 Å². The van der Waals surface area contributed by atoms with Crippen LogP contribution in [0.25, 0.3) is 0 Å². The van der Waals surface area contributed by atoms with Gasteiger partial charge in [0.2, 0.25) is 0 Å². The average molecular weight is 473 g/mol. The summed E-state index contributed by atoms with van der Waals surface area (Å²) in [7, 11) is 0. The molecule has 7 unspecified atom stereocenters. The van der Waals surface area contributed by atoms with Gasteiger partial charge in [-0.2, -0.15) is 0 Å². The molecule has 4 nitrogen and oxygen atoms in total. The highest BCUT2D eigenvalue weighted by Crippen LogP contribution is 2.75. The molecule has 0 radical (unpaired) electrons. The molecule has 0 aromatic heterocycles. The Morgan fingerprint density at radius 1 is 0.882 bits per heavy atom. The molecule has 5 aliphatic carbocycles. The fraction of sp³-hybridized carbons (Fsp3) is 0.900. The first-order chi connectivity index (χ1) is 15.6. The zero-order valence-electron chi connectivity index (χ0n) is 22.5. The van der Waals surface area contributed by atoms with Gasteiger partial charge >= 0.3 is 5.97 Å². The lowest BCUT2D eigenvalue weighted by Gasteiger charge is -2.71. The highest BCUT2D eigenvalue weighted by molar-refractivity contribution is 5.71. The molecule has 0 spiro atoms. The number of hydrogen-bond donors (Lipinski definition) is 3. The van der Waals surface area contributed by atoms with E-state index in [9.17, 15) is 20.1 Å². The second-order valence-corrected chi connectivity index (χ2v) is 14.7. The first kappa shape index (κ1) is 24.8. The molecule has 0 aromatic carbocycles. The fourth-order valence-corrected chi connectivity index (χ4v) is 11.0. The van der Waals surface area contributed by atoms with E-state index in [1.807, 2.05) is 0 Å². The molecule has 4 heteroatoms. The third-order valence-electron chi connectivity index (χ3n) is 13.4. The molecule has 4 saturated carbocycles. The van der Waals surface area contributed by atoms with E-state index < -0.39 is 18.0 Å². The summed E-state index contributed by atoms with van der Waals surface area (Å²) >= 11 is 0. The van der Waals surface area contributed by atoms with Gasteiger partial charge in [-0.05, 0) is 96.7 Å². The zero-order valence-corrected chi connectivity index (χ0v) is 22.5. The molecule has 5 aliphatic rings. The number of carboxylic acids is 1. The Kier molecular flexibility index (Phi) is 5.36. The van der Waals surface area contributed by atoms with Crippen molar-refractivity contribution in [3.63, 3.8) is 0 Å². The minimum Gasteiger partial charge on any atom is -0.481 e. The average Bonchev–Trinajstić information content (AvgIpc) is 2.74. The molecular formula is C30H48O4. The van der Waals surface area contributed by atoms with Gasteiger partial charge in [0.25, 0.3) is 0 Å². The maximum Gasteiger partial charge on any atom is 0.306 e. The molecule has 192 valence electrons. The van der Waals surface area contributed by atoms with Gasteiger partial charge in [-0.3, -0.25) is 4.79 Å². The summed E-state index contributed by atoms with van der Waals surface area (Å²) in [5.41, 5.74) is 1.57. The Hall–Kier alpha value is -0.870. The summed E-state index contributed by atoms with van der Waals surface area (Å²) in [5, 5.41) is 32.1. The second kappa shape index (κ2) is 7.34. The number of aliphatic hydroxyl groups is 2. The number of rotatable bonds is 1. The Bertz CT molecular complexity index is 907. The summed E-state index contributed by atoms with van der Waals surface area (Å²) in [6.45, 7) is 16.5. The summed E-state index contributed by atoms with van der Waals surface area (Å²) in [5.74, 6) is 0.0357. The van der Waals surface area contributed by atoms with E-state index in [4.69, 9.17) is 0 Å². The van der Waals surface area contributed by atoms with Crippen molar-refractivity contribution in [2.24, 2.45) is 56.7 Å². The number of aliphatic hydroxyl groups excluding tert-OH is 2. The Morgan fingerprint density at radius 2 is 1.56 bits per heavy atom. The van der Waals surface area contributed by atoms with Crippen molar-refractivity contribution in [2.75, 3.05) is 0 Å². The van der Waals surface area contributed by atoms with Crippen molar-refractivity contribution < 1.29 is 20.1 Å². The number of carboxylic acid groups (broad SMARTS) is 1. The van der Waals surface area contributed by atoms with Gasteiger partial charge in [-0.25, -0.2) is 0 Å². The quantitative estimate of drug-likeness (QED) is 0.405. The number of aliphatic carboxylic acids is 1. The molecular weight excluding hydrogens is 424 g/mol. The van der Waals surface area contributed by atoms with Crippen molar-refractivity contribution in [1.82, 2.24) is 0 Å². The molecule has 11 atom stereocenters. The first-order valence-electron chi connectivity index (χ1n) is 13.9. The van der Waals surface area contributed by atoms with Crippen LogP contribution >= 0.6 is 0 Å². The van der Waals surface area contributed by atoms with Gasteiger partial charge in [0.1, 0.15) is 0 Å². The van der Waals surface area contributed by atoms with Crippen LogP contribution in [0.3, 0.4) is 0 Å². The van der Waals surface area contributed by atoms with Crippen molar-refractivity contribution >= 4 is 5.97 Å². The number of fused-ring (bicyclic) bond motifs is 7. The lowest BCUT2D eigenvalue weighted by atomic mass is 9.33. The molecule has 0 saturated heterocycles. The Balaban J connectivity index is 1.60. The monoisotopic (exact) mass is 472 g/mol. The Labute approximate surface area is 206 Å². The maximum atomic E-state index is 12.2. The molecule has 3 N–H and O–H groups in total. The van der Waals surface area contributed by atoms with Gasteiger partial charge in [0.05, 0.1) is 18.1 Å². The predicted octanol–water partition coefficient (Wildman–Crippen LogP) is 6.06. The van der Waals surface area contributed by atoms with Crippen LogP contribution in [0.15, 0.2) is 11.6 Å². The van der Waals surface area contributed by atoms with E-state index >= 15 is 0 Å². The molecule has 0 heterocycles. The first-order valence-corrected chi connectivity index (χ1v) is 13.9. The van der Waals surface area contributed by atoms with E-state index in [1.165, 1.54) is 12.0 Å². The number of carbonyl (C=O) groups is 1. The summed E-state index contributed by atoms with van der Waals surface area (Å²) < 4.78 is 0. The molecule has 5 rings (SSSR count). The summed E-state index contributed by atoms with van der Waals surface area (Å²) in [4.78, 5) is 12.2. The van der Waals surface area contributed by atoms with E-state index in [0.717, 1.165) is 38.5 Å². The number of allylic oxidation sites excluding steroid dienone is 2. The van der Waals surface area contributed by atoms with Crippen LogP contribution in [0.2, 0.25) is 0 Å². The topological polar surface area (TPSA) is 77.8 Å². The van der Waals surface area contributed by atoms with Gasteiger partial charge < -0.3 is 15.3 Å². The van der Waals surface area contributed by atoms with E-state index in [2.05, 4.69) is 54.5 Å². The molecule has 0 aromatic rings. The van der Waals surface area contributed by atoms with Crippen LogP contribution in [-0.4, -0.2) is 33.5 Å². The van der Waals surface area contributed by atoms with Crippen molar-refractivity contribution in [3.8, 4) is 0 Å². The predicted molar refractivity (Wildman–Crippen MR) is 134 cm³/mol. The highest BCUT2D eigenvalue weighted by Gasteiger charge is 2.69. The SMILES string of the molecule is CC1C(C(=O)O)CC(O)[C@]2(C)CC[C@]3(C)C(=CCC4[C@@]5(C)CCC(O)C(C)(C)C5CC[C@]43C)C12. The highest BCUT2D eigenvalue weighted by atomic mass is 16.4. The minimum atomic E-state index is -0.752. The summed E-state index contributed by atoms with van der Waals surface area (Å²) in [6.07, 6.45) is 9.55. The zero-order chi connectivity index (χ0) is 25.1. The fourth-order valence-electron chi connectivity index (χ4n) is 11.0.